The van der Waals surface area contributed by atoms with Gasteiger partial charge in [0.1, 0.15) is 17.2 Å². The third-order valence-corrected chi connectivity index (χ3v) is 6.11. The minimum atomic E-state index is -1.04. The highest BCUT2D eigenvalue weighted by molar-refractivity contribution is 6.39. The fourth-order valence-corrected chi connectivity index (χ4v) is 3.81. The van der Waals surface area contributed by atoms with Crippen molar-refractivity contribution in [2.45, 2.75) is 13.8 Å². The summed E-state index contributed by atoms with van der Waals surface area (Å²) in [5, 5.41) is 6.36. The van der Waals surface area contributed by atoms with Crippen LogP contribution in [0.25, 0.3) is 5.69 Å². The molecule has 2 N–H and O–H groups in total. The number of aromatic nitrogens is 2. The first-order chi connectivity index (χ1) is 19.2. The highest BCUT2D eigenvalue weighted by Crippen LogP contribution is 2.18. The van der Waals surface area contributed by atoms with E-state index in [1.165, 1.54) is 11.8 Å². The minimum Gasteiger partial charge on any atom is -0.497 e. The molecule has 204 valence electrons. The lowest BCUT2D eigenvalue weighted by molar-refractivity contribution is -0.136. The zero-order chi connectivity index (χ0) is 28.8. The summed E-state index contributed by atoms with van der Waals surface area (Å²) in [5.74, 6) is -1.78. The lowest BCUT2D eigenvalue weighted by Gasteiger charge is -2.07. The van der Waals surface area contributed by atoms with Gasteiger partial charge in [0.05, 0.1) is 29.8 Å². The summed E-state index contributed by atoms with van der Waals surface area (Å²) >= 11 is 0. The topological polar surface area (TPSA) is 133 Å². The zero-order valence-electron chi connectivity index (χ0n) is 22.3. The highest BCUT2D eigenvalue weighted by Gasteiger charge is 2.21. The molecule has 0 fully saturated rings. The lowest BCUT2D eigenvalue weighted by atomic mass is 10.1. The number of carbonyl (C=O) groups is 3. The molecule has 40 heavy (non-hydrogen) atoms. The van der Waals surface area contributed by atoms with Gasteiger partial charge >= 0.3 is 17.8 Å². The molecule has 0 unspecified atom stereocenters. The Bertz CT molecular complexity index is 1650. The smallest absolute Gasteiger partial charge is 0.343 e. The normalized spacial score (nSPS) is 11.1. The van der Waals surface area contributed by atoms with Crippen molar-refractivity contribution in [3.63, 3.8) is 0 Å². The van der Waals surface area contributed by atoms with Gasteiger partial charge in [0.15, 0.2) is 0 Å². The number of carbonyl (C=O) groups excluding carboxylic acids is 3. The Morgan fingerprint density at radius 3 is 2.23 bits per heavy atom. The second kappa shape index (κ2) is 11.9. The van der Waals surface area contributed by atoms with Crippen LogP contribution in [0.2, 0.25) is 0 Å². The van der Waals surface area contributed by atoms with E-state index in [1.54, 1.807) is 98.4 Å². The van der Waals surface area contributed by atoms with Crippen LogP contribution < -0.4 is 25.8 Å². The maximum atomic E-state index is 13.0. The number of rotatable bonds is 7. The first-order valence-corrected chi connectivity index (χ1v) is 12.2. The fourth-order valence-electron chi connectivity index (χ4n) is 3.81. The molecule has 0 atom stereocenters. The van der Waals surface area contributed by atoms with E-state index in [9.17, 15) is 19.2 Å². The molecule has 0 spiro atoms. The van der Waals surface area contributed by atoms with Gasteiger partial charge in [-0.25, -0.2) is 14.9 Å². The Morgan fingerprint density at radius 1 is 0.850 bits per heavy atom. The van der Waals surface area contributed by atoms with Crippen molar-refractivity contribution in [2.75, 3.05) is 12.4 Å². The van der Waals surface area contributed by atoms with Crippen molar-refractivity contribution in [3.8, 4) is 17.2 Å². The third-order valence-electron chi connectivity index (χ3n) is 6.11. The average Bonchev–Trinajstić information content (AvgIpc) is 3.19. The minimum absolute atomic E-state index is 0.00807. The fraction of sp³-hybridized carbons (Fsp3) is 0.138. The number of nitrogens with one attached hydrogen (secondary N) is 2. The largest absolute Gasteiger partial charge is 0.497 e. The Morgan fingerprint density at radius 2 is 1.55 bits per heavy atom. The van der Waals surface area contributed by atoms with Crippen LogP contribution >= 0.6 is 0 Å². The summed E-state index contributed by atoms with van der Waals surface area (Å²) in [5.41, 5.74) is 4.16. The number of methoxy groups -OCH3 is 1. The predicted octanol–water partition coefficient (Wildman–Crippen LogP) is 3.19. The number of benzene rings is 3. The van der Waals surface area contributed by atoms with Crippen molar-refractivity contribution < 1.29 is 23.9 Å². The van der Waals surface area contributed by atoms with Crippen LogP contribution in [0.4, 0.5) is 5.69 Å². The Hall–Kier alpha value is -5.45. The molecule has 0 aliphatic carbocycles. The van der Waals surface area contributed by atoms with Gasteiger partial charge in [-0.05, 0) is 74.0 Å². The molecule has 11 nitrogen and oxygen atoms in total. The predicted molar refractivity (Wildman–Crippen MR) is 149 cm³/mol. The standard InChI is InChI=1S/C29H27N5O6/c1-18(20-13-15-23(16-14-20)40-29(38)21-9-8-12-24(17-21)39-4)31-32-27(36)26(35)30-25-19(2)33(3)34(28(25)37)22-10-6-5-7-11-22/h5-17H,1-4H3,(H,30,35)(H,32,36)/b31-18+. The van der Waals surface area contributed by atoms with Crippen LogP contribution in [-0.4, -0.2) is 40.0 Å². The number of anilines is 1. The first-order valence-electron chi connectivity index (χ1n) is 12.2. The summed E-state index contributed by atoms with van der Waals surface area (Å²) in [4.78, 5) is 50.3. The summed E-state index contributed by atoms with van der Waals surface area (Å²) in [6.45, 7) is 3.30. The third kappa shape index (κ3) is 5.99. The first kappa shape index (κ1) is 27.6. The van der Waals surface area contributed by atoms with Crippen LogP contribution in [-0.2, 0) is 16.6 Å². The van der Waals surface area contributed by atoms with Crippen LogP contribution in [0.5, 0.6) is 11.5 Å². The van der Waals surface area contributed by atoms with Gasteiger partial charge in [-0.15, -0.1) is 0 Å². The van der Waals surface area contributed by atoms with Gasteiger partial charge < -0.3 is 14.8 Å². The Labute approximate surface area is 229 Å². The van der Waals surface area contributed by atoms with E-state index in [0.717, 1.165) is 0 Å². The number of esters is 1. The van der Waals surface area contributed by atoms with Gasteiger partial charge in [0.2, 0.25) is 0 Å². The van der Waals surface area contributed by atoms with E-state index in [2.05, 4.69) is 15.8 Å². The molecule has 0 bridgehead atoms. The maximum absolute atomic E-state index is 13.0. The molecule has 0 aliphatic rings. The van der Waals surface area contributed by atoms with E-state index in [1.807, 2.05) is 6.07 Å². The number of hydrazone groups is 1. The second-order valence-electron chi connectivity index (χ2n) is 8.67. The maximum Gasteiger partial charge on any atom is 0.343 e. The molecule has 11 heteroatoms. The Kier molecular flexibility index (Phi) is 8.24. The lowest BCUT2D eigenvalue weighted by Crippen LogP contribution is -2.34. The van der Waals surface area contributed by atoms with Gasteiger partial charge in [0, 0.05) is 7.05 Å². The summed E-state index contributed by atoms with van der Waals surface area (Å²) in [6, 6.07) is 22.0. The van der Waals surface area contributed by atoms with E-state index in [-0.39, 0.29) is 5.69 Å². The SMILES string of the molecule is COc1cccc(C(=O)Oc2ccc(/C(C)=N/NC(=O)C(=O)Nc3c(C)n(C)n(-c4ccccc4)c3=O)cc2)c1. The molecular formula is C29H27N5O6. The van der Waals surface area contributed by atoms with Crippen molar-refractivity contribution in [2.24, 2.45) is 12.1 Å². The summed E-state index contributed by atoms with van der Waals surface area (Å²) in [7, 11) is 3.19. The molecule has 4 aromatic rings. The van der Waals surface area contributed by atoms with Crippen molar-refractivity contribution in [1.29, 1.82) is 0 Å². The van der Waals surface area contributed by atoms with Crippen LogP contribution in [0, 0.1) is 6.92 Å². The number of hydrogen-bond donors (Lipinski definition) is 2. The number of para-hydroxylation sites is 1. The summed E-state index contributed by atoms with van der Waals surface area (Å²) < 4.78 is 13.5. The van der Waals surface area contributed by atoms with E-state index in [4.69, 9.17) is 9.47 Å². The van der Waals surface area contributed by atoms with Gasteiger partial charge in [-0.2, -0.15) is 5.10 Å². The van der Waals surface area contributed by atoms with Crippen LogP contribution in [0.1, 0.15) is 28.5 Å². The molecule has 2 amide bonds. The molecule has 1 heterocycles. The quantitative estimate of drug-likeness (QED) is 0.121. The molecule has 0 saturated carbocycles. The van der Waals surface area contributed by atoms with E-state index >= 15 is 0 Å². The number of ether oxygens (including phenoxy) is 2. The molecular weight excluding hydrogens is 514 g/mol. The second-order valence-corrected chi connectivity index (χ2v) is 8.67. The van der Waals surface area contributed by atoms with Crippen molar-refractivity contribution >= 4 is 29.2 Å². The van der Waals surface area contributed by atoms with Crippen molar-refractivity contribution in [3.05, 3.63) is 106 Å². The van der Waals surface area contributed by atoms with Gasteiger partial charge in [-0.1, -0.05) is 24.3 Å². The van der Waals surface area contributed by atoms with E-state index in [0.29, 0.717) is 39.7 Å². The van der Waals surface area contributed by atoms with Gasteiger partial charge in [0.25, 0.3) is 5.56 Å². The van der Waals surface area contributed by atoms with Gasteiger partial charge in [-0.3, -0.25) is 19.1 Å². The number of amides is 2. The highest BCUT2D eigenvalue weighted by atomic mass is 16.5. The molecule has 0 saturated heterocycles. The molecule has 0 radical (unpaired) electrons. The summed E-state index contributed by atoms with van der Waals surface area (Å²) in [6.07, 6.45) is 0. The zero-order valence-corrected chi connectivity index (χ0v) is 22.3. The average molecular weight is 542 g/mol. The Balaban J connectivity index is 1.38. The number of hydrogen-bond acceptors (Lipinski definition) is 7. The monoisotopic (exact) mass is 541 g/mol. The molecule has 3 aromatic carbocycles. The molecule has 0 aliphatic heterocycles. The van der Waals surface area contributed by atoms with Crippen LogP contribution in [0.3, 0.4) is 0 Å². The van der Waals surface area contributed by atoms with Crippen molar-refractivity contribution in [1.82, 2.24) is 14.8 Å². The van der Waals surface area contributed by atoms with E-state index < -0.39 is 23.3 Å². The molecule has 4 rings (SSSR count). The molecule has 1 aromatic heterocycles. The van der Waals surface area contributed by atoms with Crippen LogP contribution in [0.15, 0.2) is 88.8 Å². The number of nitrogens with zero attached hydrogens (tertiary/aromatic N) is 3.